The van der Waals surface area contributed by atoms with Crippen LogP contribution < -0.4 is 27.4 Å². The number of carbonyl (C=O) groups excluding carboxylic acids is 3. The third-order valence-corrected chi connectivity index (χ3v) is 4.38. The van der Waals surface area contributed by atoms with E-state index in [9.17, 15) is 29.1 Å². The average Bonchev–Trinajstić information content (AvgIpc) is 2.67. The zero-order chi connectivity index (χ0) is 24.1. The molecule has 0 aliphatic heterocycles. The number of rotatable bonds is 15. The second-order valence-electron chi connectivity index (χ2n) is 7.18. The number of hydrogen-bond donors (Lipinski definition) is 8. The highest BCUT2D eigenvalue weighted by molar-refractivity contribution is 5.94. The Balaban J connectivity index is 5.06. The van der Waals surface area contributed by atoms with Gasteiger partial charge in [-0.15, -0.1) is 0 Å². The molecule has 0 aromatic carbocycles. The molecule has 13 heteroatoms. The van der Waals surface area contributed by atoms with Crippen LogP contribution in [0.1, 0.15) is 46.0 Å². The molecule has 5 atom stereocenters. The third kappa shape index (κ3) is 11.3. The molecule has 0 bridgehead atoms. The summed E-state index contributed by atoms with van der Waals surface area (Å²) >= 11 is 0. The topological polar surface area (TPSA) is 234 Å². The van der Waals surface area contributed by atoms with E-state index in [1.807, 2.05) is 0 Å². The summed E-state index contributed by atoms with van der Waals surface area (Å²) in [4.78, 5) is 58.9. The molecule has 0 aromatic heterocycles. The van der Waals surface area contributed by atoms with E-state index in [0.29, 0.717) is 25.8 Å². The lowest BCUT2D eigenvalue weighted by Gasteiger charge is -2.24. The molecule has 0 aliphatic rings. The molecule has 0 saturated heterocycles. The molecule has 0 aliphatic carbocycles. The highest BCUT2D eigenvalue weighted by atomic mass is 16.4. The van der Waals surface area contributed by atoms with Crippen molar-refractivity contribution in [2.24, 2.45) is 11.5 Å². The number of aliphatic carboxylic acids is 2. The van der Waals surface area contributed by atoms with Crippen LogP contribution in [0.5, 0.6) is 0 Å². The van der Waals surface area contributed by atoms with Crippen LogP contribution in [0.25, 0.3) is 0 Å². The summed E-state index contributed by atoms with van der Waals surface area (Å²) in [6.07, 6.45) is -0.554. The van der Waals surface area contributed by atoms with Crippen molar-refractivity contribution in [3.05, 3.63) is 0 Å². The van der Waals surface area contributed by atoms with Crippen LogP contribution >= 0.6 is 0 Å². The lowest BCUT2D eigenvalue weighted by Crippen LogP contribution is -2.57. The van der Waals surface area contributed by atoms with Gasteiger partial charge in [-0.1, -0.05) is 6.42 Å². The second kappa shape index (κ2) is 14.3. The number of aliphatic hydroxyl groups excluding tert-OH is 1. The van der Waals surface area contributed by atoms with Crippen molar-refractivity contribution in [1.82, 2.24) is 16.0 Å². The molecule has 178 valence electrons. The normalized spacial score (nSPS) is 15.6. The Morgan fingerprint density at radius 2 is 1.48 bits per heavy atom. The molecule has 10 N–H and O–H groups in total. The SMILES string of the molecule is CC(NC(=O)C(N)CCCCN)C(=O)NC(CCC(=O)O)C(=O)NC(C(=O)O)C(C)O. The molecule has 0 heterocycles. The van der Waals surface area contributed by atoms with Crippen molar-refractivity contribution in [2.45, 2.75) is 76.2 Å². The number of carboxylic acids is 2. The maximum Gasteiger partial charge on any atom is 0.328 e. The number of amides is 3. The van der Waals surface area contributed by atoms with Gasteiger partial charge in [-0.25, -0.2) is 4.79 Å². The molecule has 31 heavy (non-hydrogen) atoms. The van der Waals surface area contributed by atoms with Gasteiger partial charge in [0.05, 0.1) is 12.1 Å². The summed E-state index contributed by atoms with van der Waals surface area (Å²) < 4.78 is 0. The summed E-state index contributed by atoms with van der Waals surface area (Å²) in [5.74, 6) is -5.10. The van der Waals surface area contributed by atoms with Gasteiger partial charge in [-0.05, 0) is 39.7 Å². The van der Waals surface area contributed by atoms with Crippen LogP contribution in [0.4, 0.5) is 0 Å². The smallest absolute Gasteiger partial charge is 0.328 e. The first kappa shape index (κ1) is 28.2. The Kier molecular flexibility index (Phi) is 13.0. The summed E-state index contributed by atoms with van der Waals surface area (Å²) in [5.41, 5.74) is 11.1. The van der Waals surface area contributed by atoms with Crippen molar-refractivity contribution in [3.8, 4) is 0 Å². The Labute approximate surface area is 179 Å². The van der Waals surface area contributed by atoms with E-state index < -0.39 is 66.4 Å². The van der Waals surface area contributed by atoms with Gasteiger partial charge in [0.2, 0.25) is 17.7 Å². The van der Waals surface area contributed by atoms with E-state index in [2.05, 4.69) is 16.0 Å². The van der Waals surface area contributed by atoms with Crippen LogP contribution in [0.2, 0.25) is 0 Å². The first-order chi connectivity index (χ1) is 14.4. The molecule has 0 aromatic rings. The third-order valence-electron chi connectivity index (χ3n) is 4.38. The minimum Gasteiger partial charge on any atom is -0.481 e. The number of carbonyl (C=O) groups is 5. The van der Waals surface area contributed by atoms with E-state index in [4.69, 9.17) is 21.7 Å². The molecule has 0 saturated carbocycles. The summed E-state index contributed by atoms with van der Waals surface area (Å²) in [5, 5.41) is 34.2. The van der Waals surface area contributed by atoms with Gasteiger partial charge in [0.25, 0.3) is 0 Å². The molecule has 5 unspecified atom stereocenters. The molecule has 0 spiro atoms. The Morgan fingerprint density at radius 3 is 1.97 bits per heavy atom. The zero-order valence-corrected chi connectivity index (χ0v) is 17.7. The van der Waals surface area contributed by atoms with Crippen molar-refractivity contribution < 1.29 is 39.3 Å². The first-order valence-electron chi connectivity index (χ1n) is 9.90. The fourth-order valence-electron chi connectivity index (χ4n) is 2.50. The lowest BCUT2D eigenvalue weighted by molar-refractivity contribution is -0.145. The van der Waals surface area contributed by atoms with Crippen molar-refractivity contribution in [1.29, 1.82) is 0 Å². The Bertz CT molecular complexity index is 642. The number of aliphatic hydroxyl groups is 1. The fourth-order valence-corrected chi connectivity index (χ4v) is 2.50. The largest absolute Gasteiger partial charge is 0.481 e. The molecule has 0 fully saturated rings. The van der Waals surface area contributed by atoms with Crippen LogP contribution in [0.15, 0.2) is 0 Å². The highest BCUT2D eigenvalue weighted by Crippen LogP contribution is 2.03. The van der Waals surface area contributed by atoms with Crippen molar-refractivity contribution >= 4 is 29.7 Å². The highest BCUT2D eigenvalue weighted by Gasteiger charge is 2.31. The Morgan fingerprint density at radius 1 is 0.871 bits per heavy atom. The molecule has 0 radical (unpaired) electrons. The van der Waals surface area contributed by atoms with Gasteiger partial charge in [-0.3, -0.25) is 19.2 Å². The average molecular weight is 447 g/mol. The van der Waals surface area contributed by atoms with Crippen molar-refractivity contribution in [2.75, 3.05) is 6.54 Å². The van der Waals surface area contributed by atoms with Gasteiger partial charge in [0, 0.05) is 6.42 Å². The minimum absolute atomic E-state index is 0.335. The number of carboxylic acid groups (broad SMARTS) is 2. The van der Waals surface area contributed by atoms with E-state index in [1.54, 1.807) is 0 Å². The van der Waals surface area contributed by atoms with Gasteiger partial charge < -0.3 is 42.7 Å². The van der Waals surface area contributed by atoms with E-state index in [1.165, 1.54) is 6.92 Å². The Hall–Kier alpha value is -2.77. The van der Waals surface area contributed by atoms with Crippen LogP contribution in [-0.4, -0.2) is 81.8 Å². The van der Waals surface area contributed by atoms with E-state index in [-0.39, 0.29) is 6.42 Å². The lowest BCUT2D eigenvalue weighted by atomic mass is 10.1. The van der Waals surface area contributed by atoms with Crippen LogP contribution in [0, 0.1) is 0 Å². The number of nitrogens with two attached hydrogens (primary N) is 2. The maximum atomic E-state index is 12.4. The standard InChI is InChI=1S/C18H33N5O8/c1-9(21-16(28)11(20)5-3-4-8-19)15(27)22-12(6-7-13(25)26)17(29)23-14(10(2)24)18(30)31/h9-12,14,24H,3-8,19-20H2,1-2H3,(H,21,28)(H,22,27)(H,23,29)(H,25,26)(H,30,31). The van der Waals surface area contributed by atoms with Crippen molar-refractivity contribution in [3.63, 3.8) is 0 Å². The quantitative estimate of drug-likeness (QED) is 0.120. The minimum atomic E-state index is -1.65. The van der Waals surface area contributed by atoms with E-state index >= 15 is 0 Å². The molecular formula is C18H33N5O8. The zero-order valence-electron chi connectivity index (χ0n) is 17.7. The van der Waals surface area contributed by atoms with Crippen LogP contribution in [-0.2, 0) is 24.0 Å². The first-order valence-corrected chi connectivity index (χ1v) is 9.90. The maximum absolute atomic E-state index is 12.4. The van der Waals surface area contributed by atoms with Gasteiger partial charge in [-0.2, -0.15) is 0 Å². The summed E-state index contributed by atoms with van der Waals surface area (Å²) in [7, 11) is 0. The number of unbranched alkanes of at least 4 members (excludes halogenated alkanes) is 1. The number of nitrogens with one attached hydrogen (secondary N) is 3. The second-order valence-corrected chi connectivity index (χ2v) is 7.18. The molecule has 3 amide bonds. The van der Waals surface area contributed by atoms with Gasteiger partial charge in [0.15, 0.2) is 6.04 Å². The summed E-state index contributed by atoms with van der Waals surface area (Å²) in [6.45, 7) is 2.96. The summed E-state index contributed by atoms with van der Waals surface area (Å²) in [6, 6.07) is -5.00. The molecule has 13 nitrogen and oxygen atoms in total. The van der Waals surface area contributed by atoms with Gasteiger partial charge in [0.1, 0.15) is 12.1 Å². The molecule has 0 rings (SSSR count). The predicted octanol–water partition coefficient (Wildman–Crippen LogP) is -2.75. The molecular weight excluding hydrogens is 414 g/mol. The van der Waals surface area contributed by atoms with Crippen LogP contribution in [0.3, 0.4) is 0 Å². The van der Waals surface area contributed by atoms with E-state index in [0.717, 1.165) is 6.92 Å². The van der Waals surface area contributed by atoms with Gasteiger partial charge >= 0.3 is 11.9 Å². The fraction of sp³-hybridized carbons (Fsp3) is 0.722. The predicted molar refractivity (Wildman–Crippen MR) is 109 cm³/mol. The number of hydrogen-bond acceptors (Lipinski definition) is 8. The monoisotopic (exact) mass is 447 g/mol.